The number of rotatable bonds is 4. The first kappa shape index (κ1) is 19.7. The molecule has 0 fully saturated rings. The monoisotopic (exact) mass is 417 g/mol. The van der Waals surface area contributed by atoms with Crippen LogP contribution in [0.4, 0.5) is 10.5 Å². The van der Waals surface area contributed by atoms with Gasteiger partial charge in [0.15, 0.2) is 5.65 Å². The Morgan fingerprint density at radius 2 is 1.73 bits per heavy atom. The average molecular weight is 417 g/mol. The number of hydrogen-bond donors (Lipinski definition) is 1. The number of fused-ring (bicyclic) bond motifs is 1. The normalized spacial score (nSPS) is 10.7. The molecule has 0 aliphatic carbocycles. The van der Waals surface area contributed by atoms with Crippen molar-refractivity contribution in [1.82, 2.24) is 19.5 Å². The number of carbonyl (C=O) groups is 2. The summed E-state index contributed by atoms with van der Waals surface area (Å²) in [6, 6.07) is 18.8. The van der Waals surface area contributed by atoms with Crippen molar-refractivity contribution in [3.05, 3.63) is 78.6 Å². The van der Waals surface area contributed by atoms with E-state index in [4.69, 9.17) is 0 Å². The lowest BCUT2D eigenvalue weighted by Gasteiger charge is -2.09. The molecular weight excluding hydrogens is 398 g/mol. The molecule has 2 amide bonds. The fourth-order valence-electron chi connectivity index (χ4n) is 2.88. The molecule has 150 valence electrons. The van der Waals surface area contributed by atoms with E-state index in [-0.39, 0.29) is 11.1 Å². The van der Waals surface area contributed by atoms with Crippen molar-refractivity contribution in [2.75, 3.05) is 19.4 Å². The summed E-state index contributed by atoms with van der Waals surface area (Å²) in [7, 11) is 3.41. The summed E-state index contributed by atoms with van der Waals surface area (Å²) in [5.74, 6) is -0.299. The smallest absolute Gasteiger partial charge is 0.285 e. The summed E-state index contributed by atoms with van der Waals surface area (Å²) < 4.78 is 1.66. The second-order valence-electron chi connectivity index (χ2n) is 6.73. The molecule has 1 N–H and O–H groups in total. The van der Waals surface area contributed by atoms with Crippen LogP contribution in [0, 0.1) is 0 Å². The van der Waals surface area contributed by atoms with Gasteiger partial charge >= 0.3 is 0 Å². The highest BCUT2D eigenvalue weighted by atomic mass is 32.2. The molecule has 7 nitrogen and oxygen atoms in total. The van der Waals surface area contributed by atoms with Gasteiger partial charge in [0.25, 0.3) is 11.1 Å². The maximum absolute atomic E-state index is 12.8. The number of aromatic nitrogens is 3. The highest BCUT2D eigenvalue weighted by Crippen LogP contribution is 2.24. The fraction of sp³-hybridized carbons (Fsp3) is 0.0909. The number of nitrogens with one attached hydrogen (secondary N) is 1. The highest BCUT2D eigenvalue weighted by Gasteiger charge is 2.16. The van der Waals surface area contributed by atoms with Gasteiger partial charge in [-0.15, -0.1) is 0 Å². The van der Waals surface area contributed by atoms with E-state index in [0.29, 0.717) is 16.9 Å². The highest BCUT2D eigenvalue weighted by molar-refractivity contribution is 8.13. The van der Waals surface area contributed by atoms with Gasteiger partial charge in [-0.3, -0.25) is 9.59 Å². The Morgan fingerprint density at radius 3 is 2.43 bits per heavy atom. The number of benzene rings is 2. The summed E-state index contributed by atoms with van der Waals surface area (Å²) in [5.41, 5.74) is 3.33. The Bertz CT molecular complexity index is 1200. The largest absolute Gasteiger partial charge is 0.339 e. The van der Waals surface area contributed by atoms with Gasteiger partial charge in [0.1, 0.15) is 5.56 Å². The molecular formula is C22H19N5O2S. The van der Waals surface area contributed by atoms with E-state index in [1.807, 2.05) is 36.4 Å². The van der Waals surface area contributed by atoms with Crippen LogP contribution in [0.3, 0.4) is 0 Å². The molecule has 8 heteroatoms. The van der Waals surface area contributed by atoms with E-state index < -0.39 is 0 Å². The van der Waals surface area contributed by atoms with Gasteiger partial charge in [-0.2, -0.15) is 5.10 Å². The number of nitrogens with zero attached hydrogens (tertiary/aromatic N) is 4. The van der Waals surface area contributed by atoms with Gasteiger partial charge < -0.3 is 10.2 Å². The maximum atomic E-state index is 12.8. The zero-order valence-electron chi connectivity index (χ0n) is 16.4. The van der Waals surface area contributed by atoms with E-state index in [1.54, 1.807) is 49.1 Å². The molecule has 2 heterocycles. The molecule has 2 aromatic carbocycles. The zero-order valence-corrected chi connectivity index (χ0v) is 17.3. The number of carbonyl (C=O) groups excluding carboxylic acids is 2. The molecule has 0 saturated carbocycles. The fourth-order valence-corrected chi connectivity index (χ4v) is 3.53. The standard InChI is InChI=1S/C22H19N5O2S/c1-26(2)22(29)30-17-10-8-16(9-11-17)25-21(28)18-14-24-27-19(12-13-23-20(18)27)15-6-4-3-5-7-15/h3-14H,1-2H3,(H,25,28). The van der Waals surface area contributed by atoms with Gasteiger partial charge in [0.2, 0.25) is 0 Å². The first-order chi connectivity index (χ1) is 14.5. The molecule has 30 heavy (non-hydrogen) atoms. The molecule has 0 unspecified atom stereocenters. The first-order valence-electron chi connectivity index (χ1n) is 9.21. The van der Waals surface area contributed by atoms with Crippen molar-refractivity contribution in [2.45, 2.75) is 4.90 Å². The van der Waals surface area contributed by atoms with Crippen LogP contribution in [0.5, 0.6) is 0 Å². The van der Waals surface area contributed by atoms with Crippen LogP contribution in [0.15, 0.2) is 78.0 Å². The summed E-state index contributed by atoms with van der Waals surface area (Å²) in [5, 5.41) is 7.17. The number of hydrogen-bond acceptors (Lipinski definition) is 5. The van der Waals surface area contributed by atoms with Crippen molar-refractivity contribution >= 4 is 34.2 Å². The Hall–Kier alpha value is -3.65. The van der Waals surface area contributed by atoms with Crippen LogP contribution in [0.25, 0.3) is 16.9 Å². The minimum Gasteiger partial charge on any atom is -0.339 e. The van der Waals surface area contributed by atoms with Gasteiger partial charge in [0, 0.05) is 36.4 Å². The van der Waals surface area contributed by atoms with Crippen LogP contribution in [-0.4, -0.2) is 44.7 Å². The summed E-state index contributed by atoms with van der Waals surface area (Å²) in [6.45, 7) is 0. The molecule has 0 aliphatic rings. The summed E-state index contributed by atoms with van der Waals surface area (Å²) >= 11 is 1.13. The number of anilines is 1. The average Bonchev–Trinajstić information content (AvgIpc) is 3.20. The molecule has 4 aromatic rings. The van der Waals surface area contributed by atoms with E-state index >= 15 is 0 Å². The predicted octanol–water partition coefficient (Wildman–Crippen LogP) is 4.42. The minimum atomic E-state index is -0.299. The van der Waals surface area contributed by atoms with E-state index in [1.165, 1.54) is 11.1 Å². The summed E-state index contributed by atoms with van der Waals surface area (Å²) in [4.78, 5) is 31.3. The van der Waals surface area contributed by atoms with E-state index in [2.05, 4.69) is 15.4 Å². The molecule has 0 aliphatic heterocycles. The van der Waals surface area contributed by atoms with Crippen LogP contribution in [0.1, 0.15) is 10.4 Å². The lowest BCUT2D eigenvalue weighted by Crippen LogP contribution is -2.16. The van der Waals surface area contributed by atoms with Crippen molar-refractivity contribution in [3.63, 3.8) is 0 Å². The van der Waals surface area contributed by atoms with Crippen LogP contribution in [-0.2, 0) is 0 Å². The minimum absolute atomic E-state index is 0.0570. The van der Waals surface area contributed by atoms with Gasteiger partial charge in [0.05, 0.1) is 11.9 Å². The van der Waals surface area contributed by atoms with Crippen LogP contribution >= 0.6 is 11.8 Å². The number of thioether (sulfide) groups is 1. The van der Waals surface area contributed by atoms with Gasteiger partial charge in [-0.1, -0.05) is 30.3 Å². The van der Waals surface area contributed by atoms with Crippen molar-refractivity contribution in [3.8, 4) is 11.3 Å². The molecule has 0 bridgehead atoms. The van der Waals surface area contributed by atoms with E-state index in [9.17, 15) is 9.59 Å². The molecule has 0 radical (unpaired) electrons. The second-order valence-corrected chi connectivity index (χ2v) is 7.76. The molecule has 2 aromatic heterocycles. The summed E-state index contributed by atoms with van der Waals surface area (Å²) in [6.07, 6.45) is 3.19. The van der Waals surface area contributed by atoms with Crippen molar-refractivity contribution in [1.29, 1.82) is 0 Å². The molecule has 0 saturated heterocycles. The van der Waals surface area contributed by atoms with Crippen LogP contribution in [0.2, 0.25) is 0 Å². The quantitative estimate of drug-likeness (QED) is 0.497. The molecule has 0 spiro atoms. The number of amides is 2. The lowest BCUT2D eigenvalue weighted by atomic mass is 10.1. The third-order valence-corrected chi connectivity index (χ3v) is 5.45. The lowest BCUT2D eigenvalue weighted by molar-refractivity contribution is 0.102. The van der Waals surface area contributed by atoms with Crippen molar-refractivity contribution in [2.24, 2.45) is 0 Å². The first-order valence-corrected chi connectivity index (χ1v) is 10.0. The van der Waals surface area contributed by atoms with Gasteiger partial charge in [-0.05, 0) is 42.1 Å². The third-order valence-electron chi connectivity index (χ3n) is 4.40. The SMILES string of the molecule is CN(C)C(=O)Sc1ccc(NC(=O)c2cnn3c(-c4ccccc4)ccnc23)cc1. The Morgan fingerprint density at radius 1 is 1.00 bits per heavy atom. The van der Waals surface area contributed by atoms with E-state index in [0.717, 1.165) is 27.9 Å². The predicted molar refractivity (Wildman–Crippen MR) is 118 cm³/mol. The molecule has 4 rings (SSSR count). The Labute approximate surface area is 177 Å². The van der Waals surface area contributed by atoms with Crippen molar-refractivity contribution < 1.29 is 9.59 Å². The maximum Gasteiger partial charge on any atom is 0.285 e. The van der Waals surface area contributed by atoms with Gasteiger partial charge in [-0.25, -0.2) is 9.50 Å². The zero-order chi connectivity index (χ0) is 21.1. The Kier molecular flexibility index (Phi) is 5.49. The third kappa shape index (κ3) is 4.04. The second kappa shape index (κ2) is 8.38. The topological polar surface area (TPSA) is 79.6 Å². The molecule has 0 atom stereocenters. The van der Waals surface area contributed by atoms with Crippen LogP contribution < -0.4 is 5.32 Å². The Balaban J connectivity index is 1.55.